The Bertz CT molecular complexity index is 609. The van der Waals surface area contributed by atoms with Gasteiger partial charge in [-0.3, -0.25) is 9.89 Å². The lowest BCUT2D eigenvalue weighted by atomic mass is 10.1. The summed E-state index contributed by atoms with van der Waals surface area (Å²) in [6.45, 7) is 0.0323. The molecule has 9 heteroatoms. The first-order chi connectivity index (χ1) is 9.38. The molecule has 0 unspecified atom stereocenters. The minimum absolute atomic E-state index is 0.0323. The normalized spacial score (nSPS) is 11.3. The zero-order chi connectivity index (χ0) is 14.8. The molecule has 0 saturated heterocycles. The van der Waals surface area contributed by atoms with Crippen LogP contribution >= 0.6 is 0 Å². The number of aromatic nitrogens is 3. The number of hydrogen-bond acceptors (Lipinski definition) is 4. The number of aromatic amines is 1. The van der Waals surface area contributed by atoms with Crippen molar-refractivity contribution in [1.29, 1.82) is 0 Å². The number of carbonyl (C=O) groups excluding carboxylic acids is 1. The van der Waals surface area contributed by atoms with Gasteiger partial charge >= 0.3 is 6.18 Å². The third-order valence-corrected chi connectivity index (χ3v) is 2.50. The van der Waals surface area contributed by atoms with E-state index in [1.54, 1.807) is 0 Å². The van der Waals surface area contributed by atoms with Crippen LogP contribution in [0.3, 0.4) is 0 Å². The molecule has 1 amide bonds. The Hall–Kier alpha value is -2.58. The predicted molar refractivity (Wildman–Crippen MR) is 63.4 cm³/mol. The van der Waals surface area contributed by atoms with Crippen molar-refractivity contribution in [2.75, 3.05) is 5.73 Å². The van der Waals surface area contributed by atoms with Crippen molar-refractivity contribution < 1.29 is 18.0 Å². The summed E-state index contributed by atoms with van der Waals surface area (Å²) in [4.78, 5) is 15.5. The van der Waals surface area contributed by atoms with Crippen LogP contribution in [0.15, 0.2) is 24.5 Å². The Kier molecular flexibility index (Phi) is 3.59. The van der Waals surface area contributed by atoms with Crippen LogP contribution in [0.5, 0.6) is 0 Å². The van der Waals surface area contributed by atoms with E-state index in [0.717, 1.165) is 6.07 Å². The molecule has 0 aliphatic carbocycles. The number of alkyl halides is 3. The average molecular weight is 285 g/mol. The summed E-state index contributed by atoms with van der Waals surface area (Å²) in [7, 11) is 0. The van der Waals surface area contributed by atoms with Crippen molar-refractivity contribution >= 4 is 11.6 Å². The van der Waals surface area contributed by atoms with E-state index in [9.17, 15) is 18.0 Å². The Morgan fingerprint density at radius 1 is 1.40 bits per heavy atom. The van der Waals surface area contributed by atoms with E-state index >= 15 is 0 Å². The van der Waals surface area contributed by atoms with Crippen LogP contribution < -0.4 is 11.1 Å². The molecule has 0 saturated carbocycles. The summed E-state index contributed by atoms with van der Waals surface area (Å²) in [6, 6.07) is 2.98. The predicted octanol–water partition coefficient (Wildman–Crippen LogP) is 1.34. The average Bonchev–Trinajstić information content (AvgIpc) is 2.88. The molecule has 6 nitrogen and oxygen atoms in total. The van der Waals surface area contributed by atoms with Crippen molar-refractivity contribution in [3.63, 3.8) is 0 Å². The molecule has 0 spiro atoms. The summed E-state index contributed by atoms with van der Waals surface area (Å²) >= 11 is 0. The first-order valence-electron chi connectivity index (χ1n) is 5.47. The van der Waals surface area contributed by atoms with Crippen molar-refractivity contribution in [3.8, 4) is 0 Å². The topological polar surface area (TPSA) is 96.7 Å². The number of carbonyl (C=O) groups is 1. The molecule has 4 N–H and O–H groups in total. The molecular weight excluding hydrogens is 275 g/mol. The molecule has 0 radical (unpaired) electrons. The standard InChI is InChI=1S/C11H10F3N5O/c12-11(13,14)7-3-6(1-2-8(7)15)10(20)16-4-9-17-5-18-19-9/h1-3,5H,4,15H2,(H,16,20)(H,17,18,19). The number of nitrogens with zero attached hydrogens (tertiary/aromatic N) is 2. The molecule has 0 aliphatic heterocycles. The molecule has 0 atom stereocenters. The van der Waals surface area contributed by atoms with Gasteiger partial charge in [0.1, 0.15) is 12.2 Å². The molecule has 1 heterocycles. The van der Waals surface area contributed by atoms with Gasteiger partial charge in [0.05, 0.1) is 12.1 Å². The van der Waals surface area contributed by atoms with Crippen LogP contribution in [0.4, 0.5) is 18.9 Å². The maximum atomic E-state index is 12.7. The lowest BCUT2D eigenvalue weighted by Crippen LogP contribution is -2.24. The van der Waals surface area contributed by atoms with Crippen molar-refractivity contribution in [3.05, 3.63) is 41.5 Å². The van der Waals surface area contributed by atoms with E-state index in [2.05, 4.69) is 20.5 Å². The van der Waals surface area contributed by atoms with E-state index in [1.165, 1.54) is 12.4 Å². The highest BCUT2D eigenvalue weighted by molar-refractivity contribution is 5.94. The van der Waals surface area contributed by atoms with Gasteiger partial charge in [-0.1, -0.05) is 0 Å². The van der Waals surface area contributed by atoms with Crippen LogP contribution in [-0.4, -0.2) is 21.1 Å². The fourth-order valence-corrected chi connectivity index (χ4v) is 1.53. The van der Waals surface area contributed by atoms with Crippen molar-refractivity contribution in [1.82, 2.24) is 20.5 Å². The molecule has 1 aromatic carbocycles. The highest BCUT2D eigenvalue weighted by atomic mass is 19.4. The summed E-state index contributed by atoms with van der Waals surface area (Å²) in [5.74, 6) is -0.267. The SMILES string of the molecule is Nc1ccc(C(=O)NCc2ncn[nH]2)cc1C(F)(F)F. The number of anilines is 1. The first-order valence-corrected chi connectivity index (χ1v) is 5.47. The Morgan fingerprint density at radius 2 is 2.15 bits per heavy atom. The molecule has 1 aromatic heterocycles. The number of H-pyrrole nitrogens is 1. The minimum atomic E-state index is -4.61. The number of nitrogen functional groups attached to an aromatic ring is 1. The largest absolute Gasteiger partial charge is 0.418 e. The number of rotatable bonds is 3. The summed E-state index contributed by atoms with van der Waals surface area (Å²) in [5, 5.41) is 8.51. The van der Waals surface area contributed by atoms with Crippen LogP contribution in [0.1, 0.15) is 21.7 Å². The van der Waals surface area contributed by atoms with Gasteiger partial charge in [0.25, 0.3) is 5.91 Å². The zero-order valence-electron chi connectivity index (χ0n) is 10.0. The minimum Gasteiger partial charge on any atom is -0.398 e. The third kappa shape index (κ3) is 3.05. The number of nitrogens with one attached hydrogen (secondary N) is 2. The smallest absolute Gasteiger partial charge is 0.398 e. The van der Waals surface area contributed by atoms with Crippen LogP contribution in [0, 0.1) is 0 Å². The quantitative estimate of drug-likeness (QED) is 0.741. The number of hydrogen-bond donors (Lipinski definition) is 3. The van der Waals surface area contributed by atoms with Gasteiger partial charge in [-0.2, -0.15) is 18.3 Å². The van der Waals surface area contributed by atoms with E-state index in [1.807, 2.05) is 0 Å². The molecule has 2 rings (SSSR count). The molecular formula is C11H10F3N5O. The molecule has 0 bridgehead atoms. The van der Waals surface area contributed by atoms with Gasteiger partial charge in [-0.05, 0) is 18.2 Å². The molecule has 0 aliphatic rings. The van der Waals surface area contributed by atoms with Gasteiger partial charge in [0, 0.05) is 11.3 Å². The maximum Gasteiger partial charge on any atom is 0.418 e. The van der Waals surface area contributed by atoms with Gasteiger partial charge in [-0.25, -0.2) is 4.98 Å². The monoisotopic (exact) mass is 285 g/mol. The van der Waals surface area contributed by atoms with Gasteiger partial charge in [0.2, 0.25) is 0 Å². The number of halogens is 3. The molecule has 106 valence electrons. The van der Waals surface area contributed by atoms with E-state index in [0.29, 0.717) is 11.9 Å². The zero-order valence-corrected chi connectivity index (χ0v) is 10.0. The highest BCUT2D eigenvalue weighted by Crippen LogP contribution is 2.33. The number of nitrogens with two attached hydrogens (primary N) is 1. The van der Waals surface area contributed by atoms with E-state index < -0.39 is 23.3 Å². The lowest BCUT2D eigenvalue weighted by Gasteiger charge is -2.11. The summed E-state index contributed by atoms with van der Waals surface area (Å²) < 4.78 is 38.0. The van der Waals surface area contributed by atoms with Gasteiger partial charge in [-0.15, -0.1) is 0 Å². The van der Waals surface area contributed by atoms with Gasteiger partial charge in [0.15, 0.2) is 0 Å². The van der Waals surface area contributed by atoms with Crippen LogP contribution in [0.2, 0.25) is 0 Å². The Balaban J connectivity index is 2.14. The second-order valence-electron chi connectivity index (χ2n) is 3.91. The second-order valence-corrected chi connectivity index (χ2v) is 3.91. The second kappa shape index (κ2) is 5.19. The summed E-state index contributed by atoms with van der Waals surface area (Å²) in [6.07, 6.45) is -3.35. The fourth-order valence-electron chi connectivity index (χ4n) is 1.53. The molecule has 2 aromatic rings. The summed E-state index contributed by atoms with van der Waals surface area (Å²) in [5.41, 5.74) is 3.65. The van der Waals surface area contributed by atoms with Gasteiger partial charge < -0.3 is 11.1 Å². The number of benzene rings is 1. The van der Waals surface area contributed by atoms with E-state index in [-0.39, 0.29) is 12.1 Å². The van der Waals surface area contributed by atoms with Crippen LogP contribution in [0.25, 0.3) is 0 Å². The van der Waals surface area contributed by atoms with Crippen molar-refractivity contribution in [2.45, 2.75) is 12.7 Å². The molecule has 0 fully saturated rings. The maximum absolute atomic E-state index is 12.7. The Morgan fingerprint density at radius 3 is 2.75 bits per heavy atom. The molecule has 20 heavy (non-hydrogen) atoms. The Labute approximate surface area is 111 Å². The first kappa shape index (κ1) is 13.8. The highest BCUT2D eigenvalue weighted by Gasteiger charge is 2.33. The van der Waals surface area contributed by atoms with Crippen molar-refractivity contribution in [2.24, 2.45) is 0 Å². The van der Waals surface area contributed by atoms with E-state index in [4.69, 9.17) is 5.73 Å². The lowest BCUT2D eigenvalue weighted by molar-refractivity contribution is -0.136. The fraction of sp³-hybridized carbons (Fsp3) is 0.182. The third-order valence-electron chi connectivity index (χ3n) is 2.50. The van der Waals surface area contributed by atoms with Crippen LogP contribution in [-0.2, 0) is 12.7 Å². The number of amides is 1.